The van der Waals surface area contributed by atoms with Gasteiger partial charge in [-0.25, -0.2) is 4.98 Å². The molecule has 0 aliphatic carbocycles. The molecule has 39 heavy (non-hydrogen) atoms. The Bertz CT molecular complexity index is 721. The number of hydrogen-bond donors (Lipinski definition) is 1. The second kappa shape index (κ2) is 27.7. The van der Waals surface area contributed by atoms with Crippen LogP contribution in [0.2, 0.25) is 0 Å². The lowest BCUT2D eigenvalue weighted by molar-refractivity contribution is 0.0944. The Kier molecular flexibility index (Phi) is 25.0. The lowest BCUT2D eigenvalue weighted by Gasteiger charge is -2.05. The van der Waals surface area contributed by atoms with Gasteiger partial charge >= 0.3 is 0 Å². The Balaban J connectivity index is 1.72. The van der Waals surface area contributed by atoms with Gasteiger partial charge in [-0.05, 0) is 44.9 Å². The van der Waals surface area contributed by atoms with Gasteiger partial charge in [-0.3, -0.25) is 4.79 Å². The minimum Gasteiger partial charge on any atom is -0.351 e. The fraction of sp³-hybridized carbons (Fsp3) is 0.771. The van der Waals surface area contributed by atoms with E-state index in [0.717, 1.165) is 13.0 Å². The van der Waals surface area contributed by atoms with Gasteiger partial charge in [0.05, 0.1) is 12.5 Å². The largest absolute Gasteiger partial charge is 0.351 e. The van der Waals surface area contributed by atoms with Gasteiger partial charge in [-0.15, -0.1) is 0 Å². The molecular weight excluding hydrogens is 478 g/mol. The molecule has 1 aromatic heterocycles. The highest BCUT2D eigenvalue weighted by molar-refractivity contribution is 5.92. The second-order valence-corrected chi connectivity index (χ2v) is 11.5. The second-order valence-electron chi connectivity index (χ2n) is 11.5. The van der Waals surface area contributed by atoms with E-state index in [-0.39, 0.29) is 5.91 Å². The Morgan fingerprint density at radius 2 is 1.05 bits per heavy atom. The smallest absolute Gasteiger partial charge is 0.269 e. The summed E-state index contributed by atoms with van der Waals surface area (Å²) >= 11 is 0. The quantitative estimate of drug-likeness (QED) is 0.0847. The summed E-state index contributed by atoms with van der Waals surface area (Å²) < 4.78 is 1.76. The topological polar surface area (TPSA) is 46.9 Å². The van der Waals surface area contributed by atoms with E-state index in [1.54, 1.807) is 17.1 Å². The standard InChI is InChI=1S/C35H63N3O/c1-3-4-5-6-7-8-9-10-11-12-13-14-15-16-17-18-19-20-21-22-23-24-25-26-27-28-29-30-31-37-35(39)34-32-36-33-38(34)2/h14-15,18-19,32-33H,3-13,16-17,20-31H2,1-2H3,(H,37,39)/b15-14-,19-18-. The number of aryl methyl sites for hydroxylation is 1. The van der Waals surface area contributed by atoms with Crippen LogP contribution in [-0.4, -0.2) is 22.0 Å². The molecule has 1 heterocycles. The van der Waals surface area contributed by atoms with Crippen molar-refractivity contribution in [3.05, 3.63) is 42.5 Å². The van der Waals surface area contributed by atoms with Crippen molar-refractivity contribution in [3.8, 4) is 0 Å². The van der Waals surface area contributed by atoms with E-state index in [9.17, 15) is 4.79 Å². The molecule has 0 atom stereocenters. The van der Waals surface area contributed by atoms with E-state index in [0.29, 0.717) is 5.69 Å². The number of amides is 1. The van der Waals surface area contributed by atoms with Gasteiger partial charge in [0.1, 0.15) is 5.69 Å². The first kappa shape index (κ1) is 35.2. The molecule has 224 valence electrons. The summed E-state index contributed by atoms with van der Waals surface area (Å²) in [5.74, 6) is -0.0207. The number of carbonyl (C=O) groups is 1. The summed E-state index contributed by atoms with van der Waals surface area (Å²) in [5.41, 5.74) is 0.628. The van der Waals surface area contributed by atoms with Crippen molar-refractivity contribution >= 4 is 5.91 Å². The van der Waals surface area contributed by atoms with Crippen molar-refractivity contribution in [2.75, 3.05) is 6.54 Å². The number of rotatable bonds is 28. The molecule has 0 aliphatic rings. The SMILES string of the molecule is CCCCCCCCCCCC/C=C\CC/C=C\CCCCCCCCCCCCNC(=O)c1cncn1C. The van der Waals surface area contributed by atoms with E-state index in [1.165, 1.54) is 148 Å². The maximum atomic E-state index is 12.0. The minimum absolute atomic E-state index is 0.0207. The van der Waals surface area contributed by atoms with Crippen LogP contribution in [0.4, 0.5) is 0 Å². The van der Waals surface area contributed by atoms with Crippen LogP contribution in [0, 0.1) is 0 Å². The van der Waals surface area contributed by atoms with E-state index < -0.39 is 0 Å². The maximum Gasteiger partial charge on any atom is 0.269 e. The lowest BCUT2D eigenvalue weighted by atomic mass is 10.1. The highest BCUT2D eigenvalue weighted by atomic mass is 16.1. The van der Waals surface area contributed by atoms with Crippen LogP contribution in [0.5, 0.6) is 0 Å². The molecule has 1 amide bonds. The average Bonchev–Trinajstić information content (AvgIpc) is 3.38. The van der Waals surface area contributed by atoms with Crippen molar-refractivity contribution in [1.82, 2.24) is 14.9 Å². The van der Waals surface area contributed by atoms with Gasteiger partial charge in [-0.1, -0.05) is 140 Å². The van der Waals surface area contributed by atoms with Crippen LogP contribution >= 0.6 is 0 Å². The molecule has 0 unspecified atom stereocenters. The molecule has 0 aliphatic heterocycles. The number of allylic oxidation sites excluding steroid dienone is 4. The van der Waals surface area contributed by atoms with Gasteiger partial charge < -0.3 is 9.88 Å². The molecule has 0 saturated heterocycles. The molecule has 0 radical (unpaired) electrons. The molecule has 1 N–H and O–H groups in total. The third-order valence-corrected chi connectivity index (χ3v) is 7.69. The van der Waals surface area contributed by atoms with Crippen LogP contribution in [0.1, 0.15) is 172 Å². The molecule has 0 aromatic carbocycles. The number of nitrogens with zero attached hydrogens (tertiary/aromatic N) is 2. The predicted molar refractivity (Wildman–Crippen MR) is 170 cm³/mol. The normalized spacial score (nSPS) is 11.7. The van der Waals surface area contributed by atoms with E-state index in [4.69, 9.17) is 0 Å². The van der Waals surface area contributed by atoms with Crippen molar-refractivity contribution in [2.45, 2.75) is 161 Å². The highest BCUT2D eigenvalue weighted by Gasteiger charge is 2.08. The summed E-state index contributed by atoms with van der Waals surface area (Å²) in [7, 11) is 1.85. The molecule has 0 saturated carbocycles. The molecule has 4 nitrogen and oxygen atoms in total. The summed E-state index contributed by atoms with van der Waals surface area (Å²) in [6.45, 7) is 3.05. The number of carbonyl (C=O) groups excluding carboxylic acids is 1. The van der Waals surface area contributed by atoms with Crippen LogP contribution in [0.3, 0.4) is 0 Å². The first-order valence-corrected chi connectivity index (χ1v) is 16.8. The third kappa shape index (κ3) is 22.7. The highest BCUT2D eigenvalue weighted by Crippen LogP contribution is 2.13. The zero-order valence-electron chi connectivity index (χ0n) is 25.9. The summed E-state index contributed by atoms with van der Waals surface area (Å²) in [6.07, 6.45) is 45.1. The number of imidazole rings is 1. The first-order chi connectivity index (χ1) is 19.3. The molecule has 1 rings (SSSR count). The average molecular weight is 542 g/mol. The fourth-order valence-electron chi connectivity index (χ4n) is 5.08. The van der Waals surface area contributed by atoms with Gasteiger partial charge in [0.2, 0.25) is 0 Å². The number of nitrogens with one attached hydrogen (secondary N) is 1. The first-order valence-electron chi connectivity index (χ1n) is 16.8. The van der Waals surface area contributed by atoms with Gasteiger partial charge in [0.25, 0.3) is 5.91 Å². The Morgan fingerprint density at radius 1 is 0.641 bits per heavy atom. The van der Waals surface area contributed by atoms with Crippen LogP contribution in [0.15, 0.2) is 36.8 Å². The maximum absolute atomic E-state index is 12.0. The zero-order chi connectivity index (χ0) is 28.1. The van der Waals surface area contributed by atoms with E-state index in [1.807, 2.05) is 7.05 Å². The third-order valence-electron chi connectivity index (χ3n) is 7.69. The van der Waals surface area contributed by atoms with E-state index in [2.05, 4.69) is 41.5 Å². The number of aromatic nitrogens is 2. The Morgan fingerprint density at radius 3 is 1.49 bits per heavy atom. The van der Waals surface area contributed by atoms with Gasteiger partial charge in [0.15, 0.2) is 0 Å². The monoisotopic (exact) mass is 541 g/mol. The van der Waals surface area contributed by atoms with Crippen molar-refractivity contribution < 1.29 is 4.79 Å². The minimum atomic E-state index is -0.0207. The Labute approximate surface area is 242 Å². The fourth-order valence-corrected chi connectivity index (χ4v) is 5.08. The summed E-state index contributed by atoms with van der Waals surface area (Å²) in [6, 6.07) is 0. The molecule has 1 aromatic rings. The van der Waals surface area contributed by atoms with Crippen molar-refractivity contribution in [3.63, 3.8) is 0 Å². The van der Waals surface area contributed by atoms with Crippen molar-refractivity contribution in [1.29, 1.82) is 0 Å². The lowest BCUT2D eigenvalue weighted by Crippen LogP contribution is -2.26. The zero-order valence-corrected chi connectivity index (χ0v) is 25.9. The molecule has 0 bridgehead atoms. The summed E-state index contributed by atoms with van der Waals surface area (Å²) in [4.78, 5) is 16.0. The van der Waals surface area contributed by atoms with Gasteiger partial charge in [0, 0.05) is 13.6 Å². The van der Waals surface area contributed by atoms with Gasteiger partial charge in [-0.2, -0.15) is 0 Å². The van der Waals surface area contributed by atoms with Crippen LogP contribution < -0.4 is 5.32 Å². The van der Waals surface area contributed by atoms with Crippen LogP contribution in [-0.2, 0) is 7.05 Å². The number of hydrogen-bond acceptors (Lipinski definition) is 2. The molecular formula is C35H63N3O. The van der Waals surface area contributed by atoms with E-state index >= 15 is 0 Å². The molecule has 0 spiro atoms. The molecule has 0 fully saturated rings. The number of unbranched alkanes of at least 4 members (excludes halogenated alkanes) is 21. The van der Waals surface area contributed by atoms with Crippen molar-refractivity contribution in [2.24, 2.45) is 7.05 Å². The summed E-state index contributed by atoms with van der Waals surface area (Å²) in [5, 5.41) is 2.99. The van der Waals surface area contributed by atoms with Crippen LogP contribution in [0.25, 0.3) is 0 Å². The Hall–Kier alpha value is -1.84. The predicted octanol–water partition coefficient (Wildman–Crippen LogP) is 10.6. The molecule has 4 heteroatoms.